The first-order chi connectivity index (χ1) is 19.8. The fourth-order valence-corrected chi connectivity index (χ4v) is 4.70. The summed E-state index contributed by atoms with van der Waals surface area (Å²) >= 11 is 0. The van der Waals surface area contributed by atoms with Crippen molar-refractivity contribution in [2.75, 3.05) is 19.0 Å². The molecule has 15 nitrogen and oxygen atoms in total. The lowest BCUT2D eigenvalue weighted by molar-refractivity contribution is -0.384. The summed E-state index contributed by atoms with van der Waals surface area (Å²) in [6, 6.07) is 7.80. The second-order valence-electron chi connectivity index (χ2n) is 10.8. The summed E-state index contributed by atoms with van der Waals surface area (Å²) in [6.45, 7) is 7.57. The van der Waals surface area contributed by atoms with Crippen LogP contribution < -0.4 is 10.1 Å². The molecule has 42 heavy (non-hydrogen) atoms. The van der Waals surface area contributed by atoms with E-state index in [4.69, 9.17) is 19.3 Å². The van der Waals surface area contributed by atoms with Crippen LogP contribution in [0.4, 0.5) is 16.3 Å². The predicted molar refractivity (Wildman–Crippen MR) is 148 cm³/mol. The number of benzene rings is 1. The molecule has 1 aromatic carbocycles. The molecule has 1 saturated heterocycles. The molecule has 3 heterocycles. The molecule has 3 aromatic rings. The Labute approximate surface area is 241 Å². The van der Waals surface area contributed by atoms with E-state index in [9.17, 15) is 24.5 Å². The lowest BCUT2D eigenvalue weighted by Crippen LogP contribution is -2.31. The molecule has 1 fully saturated rings. The molecule has 4 rings (SSSR count). The Morgan fingerprint density at radius 3 is 2.43 bits per heavy atom. The van der Waals surface area contributed by atoms with Gasteiger partial charge in [0.05, 0.1) is 41.0 Å². The number of nitro groups is 1. The third-order valence-corrected chi connectivity index (χ3v) is 6.58. The maximum atomic E-state index is 13.2. The number of likely N-dealkylation sites (tertiary alicyclic amines) is 1. The molecule has 1 aliphatic rings. The molecule has 1 aliphatic heterocycles. The number of nitrogens with one attached hydrogen (secondary N) is 1. The summed E-state index contributed by atoms with van der Waals surface area (Å²) in [5, 5.41) is 22.8. The number of anilines is 1. The molecule has 2 atom stereocenters. The Balaban J connectivity index is 1.52. The number of aromatic nitrogens is 4. The van der Waals surface area contributed by atoms with Crippen LogP contribution >= 0.6 is 0 Å². The smallest absolute Gasteiger partial charge is 0.429 e. The van der Waals surface area contributed by atoms with Crippen molar-refractivity contribution in [1.29, 1.82) is 0 Å². The number of aryl methyl sites for hydroxylation is 1. The molecule has 2 amide bonds. The summed E-state index contributed by atoms with van der Waals surface area (Å²) < 4.78 is 18.9. The van der Waals surface area contributed by atoms with Gasteiger partial charge in [-0.3, -0.25) is 24.4 Å². The minimum absolute atomic E-state index is 0.0793. The van der Waals surface area contributed by atoms with Crippen molar-refractivity contribution < 1.29 is 33.5 Å². The fourth-order valence-electron chi connectivity index (χ4n) is 4.70. The monoisotopic (exact) mass is 583 g/mol. The molecular formula is C27H33N7O8. The van der Waals surface area contributed by atoms with Crippen molar-refractivity contribution in [3.63, 3.8) is 0 Å². The fraction of sp³-hybridized carbons (Fsp3) is 0.444. The van der Waals surface area contributed by atoms with Gasteiger partial charge in [0, 0.05) is 45.7 Å². The first-order valence-electron chi connectivity index (χ1n) is 13.1. The van der Waals surface area contributed by atoms with Gasteiger partial charge in [-0.2, -0.15) is 10.2 Å². The molecule has 0 spiro atoms. The number of carbonyl (C=O) groups is 3. The third-order valence-electron chi connectivity index (χ3n) is 6.58. The second-order valence-corrected chi connectivity index (χ2v) is 10.8. The molecule has 0 unspecified atom stereocenters. The van der Waals surface area contributed by atoms with E-state index in [0.29, 0.717) is 22.9 Å². The second kappa shape index (κ2) is 12.0. The van der Waals surface area contributed by atoms with Crippen molar-refractivity contribution in [2.45, 2.75) is 58.4 Å². The summed E-state index contributed by atoms with van der Waals surface area (Å²) in [6.07, 6.45) is -1.46. The van der Waals surface area contributed by atoms with E-state index in [1.54, 1.807) is 35.9 Å². The number of nitro benzene ring substituents is 1. The van der Waals surface area contributed by atoms with Gasteiger partial charge < -0.3 is 24.4 Å². The average Bonchev–Trinajstić information content (AvgIpc) is 3.61. The standard InChI is InChI=1S/C27H33N7O8/c1-16(35)32-14-20(42-26(37)41-19-9-7-18(8-10-19)34(38)39)12-22(32)21-13-24(33(30-21)27(2,3)4)28-25(36)23-11-17(15-40-6)29-31(23)5/h7-11,13,20,22H,12,14-15H2,1-6H3,(H,28,36)/t20-,22-/m0/s1. The van der Waals surface area contributed by atoms with Gasteiger partial charge in [-0.15, -0.1) is 0 Å². The first-order valence-corrected chi connectivity index (χ1v) is 13.1. The van der Waals surface area contributed by atoms with Gasteiger partial charge >= 0.3 is 6.16 Å². The molecule has 0 aliphatic carbocycles. The number of rotatable bonds is 8. The Morgan fingerprint density at radius 1 is 1.14 bits per heavy atom. The molecule has 224 valence electrons. The summed E-state index contributed by atoms with van der Waals surface area (Å²) in [7, 11) is 3.21. The number of non-ortho nitro benzene ring substituents is 1. The van der Waals surface area contributed by atoms with Crippen molar-refractivity contribution in [1.82, 2.24) is 24.5 Å². The number of ether oxygens (including phenoxy) is 3. The van der Waals surface area contributed by atoms with E-state index in [1.165, 1.54) is 35.9 Å². The summed E-state index contributed by atoms with van der Waals surface area (Å²) in [5.74, 6) is -0.140. The van der Waals surface area contributed by atoms with E-state index < -0.39 is 34.7 Å². The van der Waals surface area contributed by atoms with Gasteiger partial charge in [0.15, 0.2) is 0 Å². The summed E-state index contributed by atoms with van der Waals surface area (Å²) in [5.41, 5.74) is 0.773. The van der Waals surface area contributed by atoms with Gasteiger partial charge in [0.1, 0.15) is 23.4 Å². The van der Waals surface area contributed by atoms with E-state index in [0.717, 1.165) is 0 Å². The Kier molecular flexibility index (Phi) is 8.61. The van der Waals surface area contributed by atoms with E-state index in [2.05, 4.69) is 10.4 Å². The van der Waals surface area contributed by atoms with Crippen LogP contribution in [-0.2, 0) is 33.5 Å². The third kappa shape index (κ3) is 6.74. The molecular weight excluding hydrogens is 550 g/mol. The number of hydrogen-bond acceptors (Lipinski definition) is 10. The van der Waals surface area contributed by atoms with Crippen molar-refractivity contribution in [3.8, 4) is 5.75 Å². The van der Waals surface area contributed by atoms with Crippen LogP contribution in [0.2, 0.25) is 0 Å². The number of nitrogens with zero attached hydrogens (tertiary/aromatic N) is 6. The van der Waals surface area contributed by atoms with Gasteiger partial charge in [-0.1, -0.05) is 0 Å². The highest BCUT2D eigenvalue weighted by Gasteiger charge is 2.39. The van der Waals surface area contributed by atoms with Gasteiger partial charge in [-0.05, 0) is 39.0 Å². The Hall–Kier alpha value is -4.79. The van der Waals surface area contributed by atoms with E-state index in [1.807, 2.05) is 20.8 Å². The lowest BCUT2D eigenvalue weighted by Gasteiger charge is -2.23. The van der Waals surface area contributed by atoms with Crippen molar-refractivity contribution >= 4 is 29.5 Å². The minimum Gasteiger partial charge on any atom is -0.429 e. The van der Waals surface area contributed by atoms with E-state index >= 15 is 0 Å². The number of carbonyl (C=O) groups excluding carboxylic acids is 3. The highest BCUT2D eigenvalue weighted by Crippen LogP contribution is 2.36. The zero-order valence-corrected chi connectivity index (χ0v) is 24.2. The van der Waals surface area contributed by atoms with Gasteiger partial charge in [-0.25, -0.2) is 9.48 Å². The van der Waals surface area contributed by atoms with Crippen LogP contribution in [0.25, 0.3) is 0 Å². The maximum Gasteiger partial charge on any atom is 0.514 e. The molecule has 0 saturated carbocycles. The Morgan fingerprint density at radius 2 is 1.83 bits per heavy atom. The van der Waals surface area contributed by atoms with Crippen LogP contribution in [-0.4, -0.2) is 67.1 Å². The van der Waals surface area contributed by atoms with Crippen LogP contribution in [0.1, 0.15) is 62.0 Å². The molecule has 1 N–H and O–H groups in total. The van der Waals surface area contributed by atoms with Crippen LogP contribution in [0, 0.1) is 10.1 Å². The SMILES string of the molecule is COCc1cc(C(=O)Nc2cc([C@@H]3C[C@H](OC(=O)Oc4ccc([N+](=O)[O-])cc4)CN3C(C)=O)nn2C(C)(C)C)n(C)n1. The number of amides is 2. The molecule has 15 heteroatoms. The quantitative estimate of drug-likeness (QED) is 0.179. The molecule has 2 aromatic heterocycles. The Bertz CT molecular complexity index is 1490. The predicted octanol–water partition coefficient (Wildman–Crippen LogP) is 3.56. The lowest BCUT2D eigenvalue weighted by atomic mass is 10.1. The number of hydrogen-bond donors (Lipinski definition) is 1. The van der Waals surface area contributed by atoms with Crippen LogP contribution in [0.15, 0.2) is 36.4 Å². The van der Waals surface area contributed by atoms with Crippen molar-refractivity contribution in [2.24, 2.45) is 7.05 Å². The van der Waals surface area contributed by atoms with Crippen LogP contribution in [0.3, 0.4) is 0 Å². The molecule has 0 bridgehead atoms. The largest absolute Gasteiger partial charge is 0.514 e. The highest BCUT2D eigenvalue weighted by molar-refractivity contribution is 6.02. The van der Waals surface area contributed by atoms with Gasteiger partial charge in [0.2, 0.25) is 5.91 Å². The maximum absolute atomic E-state index is 13.2. The van der Waals surface area contributed by atoms with Crippen molar-refractivity contribution in [3.05, 3.63) is 63.6 Å². The van der Waals surface area contributed by atoms with E-state index in [-0.39, 0.29) is 36.9 Å². The van der Waals surface area contributed by atoms with Gasteiger partial charge in [0.25, 0.3) is 11.6 Å². The normalized spacial score (nSPS) is 16.8. The summed E-state index contributed by atoms with van der Waals surface area (Å²) in [4.78, 5) is 50.0. The zero-order chi connectivity index (χ0) is 30.8. The minimum atomic E-state index is -1.00. The average molecular weight is 584 g/mol. The zero-order valence-electron chi connectivity index (χ0n) is 24.2. The number of methoxy groups -OCH3 is 1. The molecule has 0 radical (unpaired) electrons. The highest BCUT2D eigenvalue weighted by atomic mass is 16.7. The first kappa shape index (κ1) is 30.2. The van der Waals surface area contributed by atoms with Crippen LogP contribution in [0.5, 0.6) is 5.75 Å². The topological polar surface area (TPSA) is 173 Å².